The largest absolute Gasteiger partial charge is 0.371 e. The molecule has 31 heavy (non-hydrogen) atoms. The molecule has 3 rings (SSSR count). The van der Waals surface area contributed by atoms with Crippen LogP contribution in [0.3, 0.4) is 0 Å². The van der Waals surface area contributed by atoms with Gasteiger partial charge in [-0.2, -0.15) is 4.31 Å². The van der Waals surface area contributed by atoms with Crippen LogP contribution < -0.4 is 10.2 Å². The van der Waals surface area contributed by atoms with Crippen molar-refractivity contribution in [2.24, 2.45) is 0 Å². The molecule has 0 atom stereocenters. The molecule has 1 N–H and O–H groups in total. The lowest BCUT2D eigenvalue weighted by molar-refractivity contribution is 0.0951. The molecule has 0 aromatic heterocycles. The van der Waals surface area contributed by atoms with E-state index in [1.54, 1.807) is 38.1 Å². The summed E-state index contributed by atoms with van der Waals surface area (Å²) in [5.41, 5.74) is 1.85. The Hall–Kier alpha value is -2.45. The van der Waals surface area contributed by atoms with E-state index >= 15 is 0 Å². The Kier molecular flexibility index (Phi) is 7.67. The van der Waals surface area contributed by atoms with Crippen LogP contribution in [0.2, 0.25) is 0 Å². The van der Waals surface area contributed by atoms with E-state index in [0.717, 1.165) is 43.6 Å². The fourth-order valence-corrected chi connectivity index (χ4v) is 5.35. The van der Waals surface area contributed by atoms with E-state index in [0.29, 0.717) is 18.7 Å². The average molecular weight is 448 g/mol. The predicted molar refractivity (Wildman–Crippen MR) is 120 cm³/mol. The van der Waals surface area contributed by atoms with Crippen LogP contribution in [-0.2, 0) is 16.6 Å². The lowest BCUT2D eigenvalue weighted by Gasteiger charge is -2.31. The molecule has 0 bridgehead atoms. The number of anilines is 1. The third-order valence-corrected chi connectivity index (χ3v) is 7.66. The molecule has 1 aliphatic rings. The minimum atomic E-state index is -3.68. The van der Waals surface area contributed by atoms with Crippen molar-refractivity contribution >= 4 is 21.6 Å². The molecule has 6 nitrogen and oxygen atoms in total. The van der Waals surface area contributed by atoms with Crippen molar-refractivity contribution in [2.45, 2.75) is 44.6 Å². The lowest BCUT2D eigenvalue weighted by Crippen LogP contribution is -2.34. The number of piperidine rings is 1. The van der Waals surface area contributed by atoms with Gasteiger partial charge in [0.2, 0.25) is 10.0 Å². The zero-order chi connectivity index (χ0) is 22.4. The summed E-state index contributed by atoms with van der Waals surface area (Å²) in [5.74, 6) is -0.682. The highest BCUT2D eigenvalue weighted by atomic mass is 32.2. The number of hydrogen-bond donors (Lipinski definition) is 1. The first kappa shape index (κ1) is 23.2. The zero-order valence-corrected chi connectivity index (χ0v) is 18.9. The second-order valence-corrected chi connectivity index (χ2v) is 9.56. The molecule has 168 valence electrons. The molecule has 0 aliphatic carbocycles. The molecule has 2 aromatic carbocycles. The summed E-state index contributed by atoms with van der Waals surface area (Å²) >= 11 is 0. The maximum Gasteiger partial charge on any atom is 0.253 e. The van der Waals surface area contributed by atoms with Gasteiger partial charge in [0.25, 0.3) is 5.91 Å². The molecule has 1 fully saturated rings. The summed E-state index contributed by atoms with van der Waals surface area (Å²) < 4.78 is 40.5. The van der Waals surface area contributed by atoms with Crippen LogP contribution in [0.1, 0.15) is 49.0 Å². The van der Waals surface area contributed by atoms with Gasteiger partial charge in [0, 0.05) is 38.4 Å². The summed E-state index contributed by atoms with van der Waals surface area (Å²) in [6.45, 7) is 6.20. The Balaban J connectivity index is 1.93. The summed E-state index contributed by atoms with van der Waals surface area (Å²) in [5, 5.41) is 2.85. The topological polar surface area (TPSA) is 69.7 Å². The quantitative estimate of drug-likeness (QED) is 0.669. The van der Waals surface area contributed by atoms with Gasteiger partial charge in [-0.25, -0.2) is 12.8 Å². The van der Waals surface area contributed by atoms with Gasteiger partial charge in [-0.3, -0.25) is 4.79 Å². The standard InChI is InChI=1S/C23H30FN3O3S/c1-3-27(4-2)31(29,30)20-12-13-22(26-14-6-5-7-15-26)21(16-20)23(28)25-17-18-8-10-19(24)11-9-18/h8-13,16H,3-7,14-15,17H2,1-2H3,(H,25,28). The molecule has 0 unspecified atom stereocenters. The first-order valence-corrected chi connectivity index (χ1v) is 12.2. The average Bonchev–Trinajstić information content (AvgIpc) is 2.79. The number of carbonyl (C=O) groups is 1. The third kappa shape index (κ3) is 5.43. The highest BCUT2D eigenvalue weighted by Gasteiger charge is 2.26. The number of hydrogen-bond acceptors (Lipinski definition) is 4. The van der Waals surface area contributed by atoms with Crippen molar-refractivity contribution in [3.05, 3.63) is 59.4 Å². The van der Waals surface area contributed by atoms with Gasteiger partial charge in [0.1, 0.15) is 5.82 Å². The van der Waals surface area contributed by atoms with Crippen LogP contribution in [0.15, 0.2) is 47.4 Å². The minimum Gasteiger partial charge on any atom is -0.371 e. The van der Waals surface area contributed by atoms with Gasteiger partial charge in [0.15, 0.2) is 0 Å². The predicted octanol–water partition coefficient (Wildman–Crippen LogP) is 3.78. The molecule has 0 radical (unpaired) electrons. The summed E-state index contributed by atoms with van der Waals surface area (Å²) in [4.78, 5) is 15.4. The molecular weight excluding hydrogens is 417 g/mol. The highest BCUT2D eigenvalue weighted by molar-refractivity contribution is 7.89. The Bertz CT molecular complexity index is 999. The van der Waals surface area contributed by atoms with E-state index < -0.39 is 10.0 Å². The normalized spacial score (nSPS) is 14.6. The number of benzene rings is 2. The van der Waals surface area contributed by atoms with Gasteiger partial charge in [-0.05, 0) is 55.2 Å². The van der Waals surface area contributed by atoms with Gasteiger partial charge in [0.05, 0.1) is 10.5 Å². The van der Waals surface area contributed by atoms with Crippen LogP contribution in [0.5, 0.6) is 0 Å². The molecule has 0 saturated carbocycles. The third-order valence-electron chi connectivity index (χ3n) is 5.62. The molecule has 1 amide bonds. The monoisotopic (exact) mass is 447 g/mol. The second-order valence-electron chi connectivity index (χ2n) is 7.63. The number of nitrogens with zero attached hydrogens (tertiary/aromatic N) is 2. The van der Waals surface area contributed by atoms with Crippen LogP contribution in [-0.4, -0.2) is 44.8 Å². The first-order chi connectivity index (χ1) is 14.9. The molecule has 2 aromatic rings. The molecule has 8 heteroatoms. The minimum absolute atomic E-state index is 0.115. The van der Waals surface area contributed by atoms with E-state index in [4.69, 9.17) is 0 Å². The Morgan fingerprint density at radius 3 is 2.29 bits per heavy atom. The van der Waals surface area contributed by atoms with E-state index in [-0.39, 0.29) is 23.2 Å². The van der Waals surface area contributed by atoms with E-state index in [1.807, 2.05) is 0 Å². The van der Waals surface area contributed by atoms with Crippen molar-refractivity contribution in [1.29, 1.82) is 0 Å². The van der Waals surface area contributed by atoms with E-state index in [9.17, 15) is 17.6 Å². The molecule has 1 heterocycles. The zero-order valence-electron chi connectivity index (χ0n) is 18.1. The molecular formula is C23H30FN3O3S. The number of sulfonamides is 1. The van der Waals surface area contributed by atoms with E-state index in [2.05, 4.69) is 10.2 Å². The van der Waals surface area contributed by atoms with Crippen LogP contribution in [0, 0.1) is 5.82 Å². The second kappa shape index (κ2) is 10.2. The van der Waals surface area contributed by atoms with Crippen LogP contribution >= 0.6 is 0 Å². The Morgan fingerprint density at radius 2 is 1.68 bits per heavy atom. The van der Waals surface area contributed by atoms with Crippen molar-refractivity contribution in [3.63, 3.8) is 0 Å². The van der Waals surface area contributed by atoms with Crippen molar-refractivity contribution < 1.29 is 17.6 Å². The fraction of sp³-hybridized carbons (Fsp3) is 0.435. The number of halogens is 1. The fourth-order valence-electron chi connectivity index (χ4n) is 3.86. The van der Waals surface area contributed by atoms with Gasteiger partial charge in [-0.15, -0.1) is 0 Å². The lowest BCUT2D eigenvalue weighted by atomic mass is 10.1. The summed E-state index contributed by atoms with van der Waals surface area (Å²) in [6.07, 6.45) is 3.23. The van der Waals surface area contributed by atoms with Crippen molar-refractivity contribution in [1.82, 2.24) is 9.62 Å². The molecule has 1 saturated heterocycles. The number of carbonyl (C=O) groups excluding carboxylic acids is 1. The first-order valence-electron chi connectivity index (χ1n) is 10.8. The number of amides is 1. The summed E-state index contributed by atoms with van der Waals surface area (Å²) in [6, 6.07) is 10.7. The summed E-state index contributed by atoms with van der Waals surface area (Å²) in [7, 11) is -3.68. The number of nitrogens with one attached hydrogen (secondary N) is 1. The Labute approximate surface area is 184 Å². The van der Waals surface area contributed by atoms with Gasteiger partial charge < -0.3 is 10.2 Å². The van der Waals surface area contributed by atoms with E-state index in [1.165, 1.54) is 22.5 Å². The number of rotatable bonds is 8. The maximum atomic E-state index is 13.1. The molecule has 1 aliphatic heterocycles. The van der Waals surface area contributed by atoms with Crippen molar-refractivity contribution in [2.75, 3.05) is 31.1 Å². The van der Waals surface area contributed by atoms with Crippen LogP contribution in [0.4, 0.5) is 10.1 Å². The molecule has 0 spiro atoms. The van der Waals surface area contributed by atoms with Gasteiger partial charge >= 0.3 is 0 Å². The maximum absolute atomic E-state index is 13.1. The van der Waals surface area contributed by atoms with Gasteiger partial charge in [-0.1, -0.05) is 26.0 Å². The van der Waals surface area contributed by atoms with Crippen molar-refractivity contribution in [3.8, 4) is 0 Å². The Morgan fingerprint density at radius 1 is 1.03 bits per heavy atom. The highest BCUT2D eigenvalue weighted by Crippen LogP contribution is 2.28. The SMILES string of the molecule is CCN(CC)S(=O)(=O)c1ccc(N2CCCCC2)c(C(=O)NCc2ccc(F)cc2)c1. The smallest absolute Gasteiger partial charge is 0.253 e. The van der Waals surface area contributed by atoms with Crippen LogP contribution in [0.25, 0.3) is 0 Å².